The van der Waals surface area contributed by atoms with E-state index in [9.17, 15) is 18.0 Å². The topological polar surface area (TPSA) is 93.9 Å². The van der Waals surface area contributed by atoms with E-state index >= 15 is 0 Å². The van der Waals surface area contributed by atoms with Crippen molar-refractivity contribution in [3.63, 3.8) is 0 Å². The highest BCUT2D eigenvalue weighted by Gasteiger charge is 2.26. The van der Waals surface area contributed by atoms with E-state index in [1.54, 1.807) is 18.2 Å². The fourth-order valence-corrected chi connectivity index (χ4v) is 4.87. The predicted molar refractivity (Wildman–Crippen MR) is 106 cm³/mol. The van der Waals surface area contributed by atoms with Gasteiger partial charge in [0.25, 0.3) is 0 Å². The standard InChI is InChI=1S/C21H19NO6S/c23-20-10-8-15-7-9-17(14-19(15)28-20)27-21(24)16-5-4-6-18(13-16)29(25,26)22-11-2-1-3-12-22/h4-10,13-14H,1-3,11-12H2. The molecule has 0 spiro atoms. The van der Waals surface area contributed by atoms with Gasteiger partial charge in [0.15, 0.2) is 0 Å². The van der Waals surface area contributed by atoms with Gasteiger partial charge in [-0.1, -0.05) is 12.5 Å². The molecular weight excluding hydrogens is 394 g/mol. The Morgan fingerprint density at radius 1 is 0.966 bits per heavy atom. The molecule has 150 valence electrons. The summed E-state index contributed by atoms with van der Waals surface area (Å²) in [5.74, 6) is -0.500. The van der Waals surface area contributed by atoms with E-state index in [1.807, 2.05) is 0 Å². The molecule has 1 aromatic heterocycles. The normalized spacial score (nSPS) is 15.3. The van der Waals surface area contributed by atoms with E-state index in [1.165, 1.54) is 40.7 Å². The van der Waals surface area contributed by atoms with Crippen molar-refractivity contribution >= 4 is 27.0 Å². The van der Waals surface area contributed by atoms with Crippen molar-refractivity contribution in [3.8, 4) is 5.75 Å². The van der Waals surface area contributed by atoms with Crippen molar-refractivity contribution in [2.24, 2.45) is 0 Å². The number of piperidine rings is 1. The van der Waals surface area contributed by atoms with Gasteiger partial charge in [-0.2, -0.15) is 4.31 Å². The monoisotopic (exact) mass is 413 g/mol. The van der Waals surface area contributed by atoms with Gasteiger partial charge in [0.05, 0.1) is 10.5 Å². The number of carbonyl (C=O) groups excluding carboxylic acids is 1. The highest BCUT2D eigenvalue weighted by atomic mass is 32.2. The van der Waals surface area contributed by atoms with Crippen LogP contribution >= 0.6 is 0 Å². The van der Waals surface area contributed by atoms with Crippen LogP contribution in [0, 0.1) is 0 Å². The molecule has 0 amide bonds. The minimum atomic E-state index is -3.65. The Morgan fingerprint density at radius 3 is 2.52 bits per heavy atom. The van der Waals surface area contributed by atoms with Gasteiger partial charge in [-0.15, -0.1) is 0 Å². The minimum absolute atomic E-state index is 0.0679. The van der Waals surface area contributed by atoms with Gasteiger partial charge in [-0.3, -0.25) is 0 Å². The lowest BCUT2D eigenvalue weighted by atomic mass is 10.2. The van der Waals surface area contributed by atoms with Gasteiger partial charge < -0.3 is 9.15 Å². The molecule has 0 radical (unpaired) electrons. The highest BCUT2D eigenvalue weighted by molar-refractivity contribution is 7.89. The summed E-state index contributed by atoms with van der Waals surface area (Å²) in [5.41, 5.74) is -0.0847. The quantitative estimate of drug-likeness (QED) is 0.370. The Labute approximate surface area is 167 Å². The van der Waals surface area contributed by atoms with Crippen molar-refractivity contribution in [1.29, 1.82) is 0 Å². The Balaban J connectivity index is 1.58. The van der Waals surface area contributed by atoms with Crippen LogP contribution in [0.25, 0.3) is 11.0 Å². The Hall–Kier alpha value is -2.97. The lowest BCUT2D eigenvalue weighted by Gasteiger charge is -2.25. The van der Waals surface area contributed by atoms with Crippen LogP contribution < -0.4 is 10.4 Å². The largest absolute Gasteiger partial charge is 0.423 e. The molecule has 29 heavy (non-hydrogen) atoms. The summed E-state index contributed by atoms with van der Waals surface area (Å²) in [5, 5.41) is 0.694. The number of esters is 1. The van der Waals surface area contributed by atoms with Gasteiger partial charge in [0.2, 0.25) is 10.0 Å². The van der Waals surface area contributed by atoms with Crippen molar-refractivity contribution in [2.75, 3.05) is 13.1 Å². The van der Waals surface area contributed by atoms with Crippen molar-refractivity contribution in [1.82, 2.24) is 4.31 Å². The maximum absolute atomic E-state index is 12.8. The zero-order chi connectivity index (χ0) is 20.4. The van der Waals surface area contributed by atoms with Crippen molar-refractivity contribution in [3.05, 3.63) is 70.6 Å². The molecule has 0 atom stereocenters. The molecule has 0 aliphatic carbocycles. The molecule has 2 aromatic carbocycles. The smallest absolute Gasteiger partial charge is 0.343 e. The fourth-order valence-electron chi connectivity index (χ4n) is 3.31. The summed E-state index contributed by atoms with van der Waals surface area (Å²) in [6.07, 6.45) is 2.68. The van der Waals surface area contributed by atoms with Gasteiger partial charge in [0, 0.05) is 30.6 Å². The number of carbonyl (C=O) groups is 1. The molecule has 0 unspecified atom stereocenters. The first-order chi connectivity index (χ1) is 13.9. The first-order valence-electron chi connectivity index (χ1n) is 9.30. The van der Waals surface area contributed by atoms with E-state index in [2.05, 4.69) is 0 Å². The van der Waals surface area contributed by atoms with Crippen LogP contribution in [0.3, 0.4) is 0 Å². The van der Waals surface area contributed by atoms with Gasteiger partial charge in [-0.05, 0) is 49.2 Å². The Morgan fingerprint density at radius 2 is 1.72 bits per heavy atom. The zero-order valence-corrected chi connectivity index (χ0v) is 16.4. The van der Waals surface area contributed by atoms with Gasteiger partial charge in [-0.25, -0.2) is 18.0 Å². The average Bonchev–Trinajstić information content (AvgIpc) is 2.74. The molecule has 4 rings (SSSR count). The third-order valence-corrected chi connectivity index (χ3v) is 6.72. The molecule has 3 aromatic rings. The molecule has 1 fully saturated rings. The molecule has 0 N–H and O–H groups in total. The molecule has 0 saturated carbocycles. The predicted octanol–water partition coefficient (Wildman–Crippen LogP) is 3.19. The van der Waals surface area contributed by atoms with Crippen LogP contribution in [-0.4, -0.2) is 31.8 Å². The Kier molecular flexibility index (Phi) is 5.21. The lowest BCUT2D eigenvalue weighted by Crippen LogP contribution is -2.35. The number of hydrogen-bond donors (Lipinski definition) is 0. The van der Waals surface area contributed by atoms with Crippen LogP contribution in [0.1, 0.15) is 29.6 Å². The van der Waals surface area contributed by atoms with Gasteiger partial charge >= 0.3 is 11.6 Å². The first kappa shape index (κ1) is 19.4. The van der Waals surface area contributed by atoms with Crippen molar-refractivity contribution < 1.29 is 22.4 Å². The second-order valence-electron chi connectivity index (χ2n) is 6.84. The minimum Gasteiger partial charge on any atom is -0.423 e. The third-order valence-electron chi connectivity index (χ3n) is 4.83. The molecule has 8 heteroatoms. The van der Waals surface area contributed by atoms with Crippen LogP contribution in [-0.2, 0) is 10.0 Å². The average molecular weight is 413 g/mol. The lowest BCUT2D eigenvalue weighted by molar-refractivity contribution is 0.0734. The summed E-state index contributed by atoms with van der Waals surface area (Å²) in [6, 6.07) is 13.4. The second-order valence-corrected chi connectivity index (χ2v) is 8.77. The second kappa shape index (κ2) is 7.81. The molecule has 1 aliphatic rings. The van der Waals surface area contributed by atoms with Crippen LogP contribution in [0.2, 0.25) is 0 Å². The van der Waals surface area contributed by atoms with E-state index < -0.39 is 21.6 Å². The highest BCUT2D eigenvalue weighted by Crippen LogP contribution is 2.23. The number of ether oxygens (including phenoxy) is 1. The number of benzene rings is 2. The maximum Gasteiger partial charge on any atom is 0.343 e. The molecule has 0 bridgehead atoms. The first-order valence-corrected chi connectivity index (χ1v) is 10.7. The number of rotatable bonds is 4. The van der Waals surface area contributed by atoms with E-state index in [-0.39, 0.29) is 16.2 Å². The number of fused-ring (bicyclic) bond motifs is 1. The van der Waals surface area contributed by atoms with E-state index in [4.69, 9.17) is 9.15 Å². The van der Waals surface area contributed by atoms with Crippen LogP contribution in [0.5, 0.6) is 5.75 Å². The van der Waals surface area contributed by atoms with E-state index in [0.717, 1.165) is 19.3 Å². The number of nitrogens with zero attached hydrogens (tertiary/aromatic N) is 1. The number of sulfonamides is 1. The fraction of sp³-hybridized carbons (Fsp3) is 0.238. The van der Waals surface area contributed by atoms with Crippen LogP contribution in [0.15, 0.2) is 68.7 Å². The maximum atomic E-state index is 12.8. The summed E-state index contributed by atoms with van der Waals surface area (Å²) < 4.78 is 37.6. The van der Waals surface area contributed by atoms with Crippen molar-refractivity contribution in [2.45, 2.75) is 24.2 Å². The van der Waals surface area contributed by atoms with E-state index in [0.29, 0.717) is 24.1 Å². The summed E-state index contributed by atoms with van der Waals surface area (Å²) >= 11 is 0. The summed E-state index contributed by atoms with van der Waals surface area (Å²) in [4.78, 5) is 24.0. The summed E-state index contributed by atoms with van der Waals surface area (Å²) in [6.45, 7) is 0.971. The molecule has 1 aliphatic heterocycles. The number of hydrogen-bond acceptors (Lipinski definition) is 6. The molecule has 2 heterocycles. The Bertz CT molecular complexity index is 1230. The molecular formula is C21H19NO6S. The SMILES string of the molecule is O=C(Oc1ccc2ccc(=O)oc2c1)c1cccc(S(=O)(=O)N2CCCCC2)c1. The molecule has 1 saturated heterocycles. The zero-order valence-electron chi connectivity index (χ0n) is 15.5. The summed E-state index contributed by atoms with van der Waals surface area (Å²) in [7, 11) is -3.65. The van der Waals surface area contributed by atoms with Gasteiger partial charge in [0.1, 0.15) is 11.3 Å². The van der Waals surface area contributed by atoms with Crippen LogP contribution in [0.4, 0.5) is 0 Å². The molecule has 7 nitrogen and oxygen atoms in total. The third kappa shape index (κ3) is 4.08.